The topological polar surface area (TPSA) is 32.3 Å². The molecule has 24 heavy (non-hydrogen) atoms. The van der Waals surface area contributed by atoms with Crippen molar-refractivity contribution in [3.8, 4) is 0 Å². The fourth-order valence-corrected chi connectivity index (χ4v) is 3.11. The van der Waals surface area contributed by atoms with Crippen LogP contribution in [0, 0.1) is 0 Å². The van der Waals surface area contributed by atoms with E-state index in [1.165, 1.54) is 10.5 Å². The van der Waals surface area contributed by atoms with Gasteiger partial charge in [-0.2, -0.15) is 0 Å². The lowest BCUT2D eigenvalue weighted by atomic mass is 10.1. The molecule has 128 valence electrons. The van der Waals surface area contributed by atoms with E-state index in [1.807, 2.05) is 36.4 Å². The van der Waals surface area contributed by atoms with Gasteiger partial charge in [0.25, 0.3) is 5.91 Å². The predicted molar refractivity (Wildman–Crippen MR) is 104 cm³/mol. The molecule has 0 aliphatic carbocycles. The van der Waals surface area contributed by atoms with Crippen LogP contribution in [0.1, 0.15) is 29.8 Å². The third kappa shape index (κ3) is 6.02. The number of likely N-dealkylation sites (N-methyl/N-ethyl adjacent to an activating group) is 1. The van der Waals surface area contributed by atoms with Crippen LogP contribution in [-0.4, -0.2) is 36.7 Å². The maximum absolute atomic E-state index is 12.3. The second-order valence-corrected chi connectivity index (χ2v) is 8.05. The minimum absolute atomic E-state index is 0.0721. The van der Waals surface area contributed by atoms with Crippen molar-refractivity contribution in [2.75, 3.05) is 26.0 Å². The molecule has 0 spiro atoms. The molecule has 0 fully saturated rings. The first kappa shape index (κ1) is 18.6. The molecule has 0 unspecified atom stereocenters. The molecule has 0 aliphatic rings. The molecule has 0 heterocycles. The molecule has 3 nitrogen and oxygen atoms in total. The molecule has 4 heteroatoms. The first-order valence-electron chi connectivity index (χ1n) is 8.26. The molecule has 0 saturated carbocycles. The van der Waals surface area contributed by atoms with Gasteiger partial charge in [-0.1, -0.05) is 26.0 Å². The van der Waals surface area contributed by atoms with Crippen molar-refractivity contribution < 1.29 is 4.79 Å². The van der Waals surface area contributed by atoms with Crippen LogP contribution in [0.15, 0.2) is 53.4 Å². The van der Waals surface area contributed by atoms with Crippen LogP contribution in [0.3, 0.4) is 0 Å². The van der Waals surface area contributed by atoms with E-state index < -0.39 is 0 Å². The quantitative estimate of drug-likeness (QED) is 0.750. The normalized spacial score (nSPS) is 11.1. The molecule has 0 radical (unpaired) electrons. The minimum Gasteiger partial charge on any atom is -0.322 e. The highest BCUT2D eigenvalue weighted by Crippen LogP contribution is 2.23. The number of nitrogens with one attached hydrogen (secondary N) is 1. The van der Waals surface area contributed by atoms with Gasteiger partial charge < -0.3 is 10.2 Å². The number of anilines is 1. The van der Waals surface area contributed by atoms with Gasteiger partial charge in [-0.05, 0) is 62.5 Å². The van der Waals surface area contributed by atoms with Gasteiger partial charge in [0.1, 0.15) is 0 Å². The fourth-order valence-electron chi connectivity index (χ4n) is 2.27. The highest BCUT2D eigenvalue weighted by Gasteiger charge is 2.07. The minimum atomic E-state index is -0.0721. The third-order valence-corrected chi connectivity index (χ3v) is 4.56. The zero-order valence-electron chi connectivity index (χ0n) is 14.9. The van der Waals surface area contributed by atoms with E-state index in [-0.39, 0.29) is 5.91 Å². The lowest BCUT2D eigenvalue weighted by Gasteiger charge is -2.10. The van der Waals surface area contributed by atoms with Gasteiger partial charge in [0.2, 0.25) is 0 Å². The van der Waals surface area contributed by atoms with Gasteiger partial charge in [-0.25, -0.2) is 0 Å². The van der Waals surface area contributed by atoms with E-state index in [0.29, 0.717) is 10.8 Å². The number of thioether (sulfide) groups is 1. The predicted octanol–water partition coefficient (Wildman–Crippen LogP) is 4.54. The van der Waals surface area contributed by atoms with Crippen molar-refractivity contribution in [2.24, 2.45) is 0 Å². The summed E-state index contributed by atoms with van der Waals surface area (Å²) < 4.78 is 0. The molecular weight excluding hydrogens is 316 g/mol. The number of rotatable bonds is 7. The van der Waals surface area contributed by atoms with Crippen LogP contribution >= 0.6 is 11.8 Å². The Kier molecular flexibility index (Phi) is 6.88. The molecule has 0 saturated heterocycles. The number of amides is 1. The molecular formula is C20H26N2OS. The molecule has 0 bridgehead atoms. The van der Waals surface area contributed by atoms with E-state index in [0.717, 1.165) is 18.7 Å². The Morgan fingerprint density at radius 3 is 2.21 bits per heavy atom. The van der Waals surface area contributed by atoms with Crippen molar-refractivity contribution in [1.82, 2.24) is 4.90 Å². The first-order chi connectivity index (χ1) is 11.4. The first-order valence-corrected chi connectivity index (χ1v) is 9.14. The van der Waals surface area contributed by atoms with Gasteiger partial charge in [0.05, 0.1) is 0 Å². The van der Waals surface area contributed by atoms with Crippen molar-refractivity contribution in [3.05, 3.63) is 59.7 Å². The Bertz CT molecular complexity index is 648. The second-order valence-electron chi connectivity index (χ2n) is 6.40. The summed E-state index contributed by atoms with van der Waals surface area (Å²) in [4.78, 5) is 15.7. The van der Waals surface area contributed by atoms with E-state index in [9.17, 15) is 4.79 Å². The zero-order valence-corrected chi connectivity index (χ0v) is 15.7. The molecule has 2 rings (SSSR count). The Morgan fingerprint density at radius 1 is 1.04 bits per heavy atom. The number of hydrogen-bond acceptors (Lipinski definition) is 3. The van der Waals surface area contributed by atoms with Crippen LogP contribution in [0.2, 0.25) is 0 Å². The van der Waals surface area contributed by atoms with Crippen LogP contribution in [0.4, 0.5) is 5.69 Å². The summed E-state index contributed by atoms with van der Waals surface area (Å²) in [5.41, 5.74) is 2.78. The number of hydrogen-bond donors (Lipinski definition) is 1. The second kappa shape index (κ2) is 8.90. The molecule has 1 amide bonds. The average Bonchev–Trinajstić information content (AvgIpc) is 2.54. The van der Waals surface area contributed by atoms with Crippen molar-refractivity contribution in [2.45, 2.75) is 30.4 Å². The van der Waals surface area contributed by atoms with Crippen molar-refractivity contribution in [3.63, 3.8) is 0 Å². The summed E-state index contributed by atoms with van der Waals surface area (Å²) in [6.45, 7) is 5.34. The van der Waals surface area contributed by atoms with Gasteiger partial charge in [0.15, 0.2) is 0 Å². The van der Waals surface area contributed by atoms with E-state index in [4.69, 9.17) is 0 Å². The number of carbonyl (C=O) groups is 1. The zero-order chi connectivity index (χ0) is 17.5. The lowest BCUT2D eigenvalue weighted by molar-refractivity contribution is 0.102. The van der Waals surface area contributed by atoms with Crippen LogP contribution < -0.4 is 5.32 Å². The highest BCUT2D eigenvalue weighted by molar-refractivity contribution is 7.99. The van der Waals surface area contributed by atoms with E-state index >= 15 is 0 Å². The van der Waals surface area contributed by atoms with E-state index in [2.05, 4.69) is 50.3 Å². The smallest absolute Gasteiger partial charge is 0.255 e. The Hall–Kier alpha value is -1.78. The number of nitrogens with zero attached hydrogens (tertiary/aromatic N) is 1. The molecule has 1 N–H and O–H groups in total. The monoisotopic (exact) mass is 342 g/mol. The maximum atomic E-state index is 12.3. The number of benzene rings is 2. The summed E-state index contributed by atoms with van der Waals surface area (Å²) >= 11 is 1.80. The highest BCUT2D eigenvalue weighted by atomic mass is 32.2. The Balaban J connectivity index is 1.94. The van der Waals surface area contributed by atoms with Crippen LogP contribution in [0.5, 0.6) is 0 Å². The molecule has 2 aromatic carbocycles. The summed E-state index contributed by atoms with van der Waals surface area (Å²) in [5.74, 6) is -0.0721. The van der Waals surface area contributed by atoms with E-state index in [1.54, 1.807) is 11.8 Å². The fraction of sp³-hybridized carbons (Fsp3) is 0.350. The van der Waals surface area contributed by atoms with Gasteiger partial charge >= 0.3 is 0 Å². The summed E-state index contributed by atoms with van der Waals surface area (Å²) in [6.07, 6.45) is 1.01. The van der Waals surface area contributed by atoms with Gasteiger partial charge in [-0.3, -0.25) is 4.79 Å². The largest absolute Gasteiger partial charge is 0.322 e. The standard InChI is InChI=1S/C20H26N2OS/c1-15(2)24-19-11-7-17(8-12-19)20(23)21-18-9-5-16(6-10-18)13-14-22(3)4/h5-12,15H,13-14H2,1-4H3,(H,21,23). The van der Waals surface area contributed by atoms with Crippen molar-refractivity contribution in [1.29, 1.82) is 0 Å². The molecule has 0 atom stereocenters. The number of carbonyl (C=O) groups excluding carboxylic acids is 1. The average molecular weight is 343 g/mol. The van der Waals surface area contributed by atoms with Crippen molar-refractivity contribution >= 4 is 23.4 Å². The molecule has 2 aromatic rings. The van der Waals surface area contributed by atoms with Gasteiger partial charge in [-0.15, -0.1) is 11.8 Å². The Morgan fingerprint density at radius 2 is 1.67 bits per heavy atom. The molecule has 0 aromatic heterocycles. The summed E-state index contributed by atoms with van der Waals surface area (Å²) in [5, 5.41) is 3.49. The van der Waals surface area contributed by atoms with Crippen LogP contribution in [0.25, 0.3) is 0 Å². The van der Waals surface area contributed by atoms with Gasteiger partial charge in [0, 0.05) is 27.9 Å². The lowest BCUT2D eigenvalue weighted by Crippen LogP contribution is -2.15. The van der Waals surface area contributed by atoms with Crippen LogP contribution in [-0.2, 0) is 6.42 Å². The maximum Gasteiger partial charge on any atom is 0.255 e. The molecule has 0 aliphatic heterocycles. The third-order valence-electron chi connectivity index (χ3n) is 3.55. The SMILES string of the molecule is CC(C)Sc1ccc(C(=O)Nc2ccc(CCN(C)C)cc2)cc1. The Labute approximate surface area is 149 Å². The summed E-state index contributed by atoms with van der Waals surface area (Å²) in [7, 11) is 4.14. The summed E-state index contributed by atoms with van der Waals surface area (Å²) in [6, 6.07) is 15.8.